The van der Waals surface area contributed by atoms with Crippen LogP contribution in [-0.2, 0) is 32.1 Å². The van der Waals surface area contributed by atoms with Gasteiger partial charge in [0.1, 0.15) is 11.6 Å². The number of alkyl halides is 3. The highest BCUT2D eigenvalue weighted by Crippen LogP contribution is 2.34. The summed E-state index contributed by atoms with van der Waals surface area (Å²) in [7, 11) is -3.61. The van der Waals surface area contributed by atoms with Gasteiger partial charge in [0.05, 0.1) is 35.3 Å². The molecule has 14 heteroatoms. The SMILES string of the molecule is CS(=O)(=O)CC(=O)CN1C(=O)S/C(=C\c2ccc3c(cnn3Cc3ccc(F)cc3C(F)(F)F)c2)C1=O. The van der Waals surface area contributed by atoms with Crippen LogP contribution in [0.2, 0.25) is 0 Å². The maximum atomic E-state index is 13.4. The predicted molar refractivity (Wildman–Crippen MR) is 128 cm³/mol. The number of halogens is 4. The molecule has 0 radical (unpaired) electrons. The average molecular weight is 556 g/mol. The van der Waals surface area contributed by atoms with Gasteiger partial charge in [0.25, 0.3) is 11.1 Å². The van der Waals surface area contributed by atoms with E-state index in [1.165, 1.54) is 17.0 Å². The Morgan fingerprint density at radius 1 is 1.14 bits per heavy atom. The molecule has 2 heterocycles. The van der Waals surface area contributed by atoms with Gasteiger partial charge < -0.3 is 0 Å². The van der Waals surface area contributed by atoms with Crippen LogP contribution >= 0.6 is 11.8 Å². The summed E-state index contributed by atoms with van der Waals surface area (Å²) in [5, 5.41) is 3.94. The first kappa shape index (κ1) is 26.5. The molecule has 4 rings (SSSR count). The minimum absolute atomic E-state index is 0.0185. The smallest absolute Gasteiger partial charge is 0.297 e. The number of nitrogens with zero attached hydrogens (tertiary/aromatic N) is 3. The number of rotatable bonds is 7. The van der Waals surface area contributed by atoms with Crippen LogP contribution in [0, 0.1) is 5.82 Å². The number of thioether (sulfide) groups is 1. The summed E-state index contributed by atoms with van der Waals surface area (Å²) in [6.07, 6.45) is -1.05. The number of aromatic nitrogens is 2. The molecule has 8 nitrogen and oxygen atoms in total. The van der Waals surface area contributed by atoms with Gasteiger partial charge in [0.15, 0.2) is 15.6 Å². The molecule has 1 fully saturated rings. The first-order chi connectivity index (χ1) is 17.2. The third kappa shape index (κ3) is 6.07. The van der Waals surface area contributed by atoms with E-state index < -0.39 is 56.6 Å². The second-order valence-electron chi connectivity index (χ2n) is 8.30. The maximum absolute atomic E-state index is 13.4. The number of sulfone groups is 1. The summed E-state index contributed by atoms with van der Waals surface area (Å²) < 4.78 is 77.3. The van der Waals surface area contributed by atoms with Crippen molar-refractivity contribution >= 4 is 55.5 Å². The molecule has 1 aromatic heterocycles. The summed E-state index contributed by atoms with van der Waals surface area (Å²) in [5.41, 5.74) is -0.299. The van der Waals surface area contributed by atoms with Crippen molar-refractivity contribution in [2.24, 2.45) is 0 Å². The molecule has 0 spiro atoms. The van der Waals surface area contributed by atoms with Gasteiger partial charge in [-0.3, -0.25) is 24.0 Å². The van der Waals surface area contributed by atoms with E-state index in [0.29, 0.717) is 39.2 Å². The zero-order chi connectivity index (χ0) is 27.1. The lowest BCUT2D eigenvalue weighted by molar-refractivity contribution is -0.138. The number of ketones is 1. The van der Waals surface area contributed by atoms with Crippen LogP contribution in [0.5, 0.6) is 0 Å². The normalized spacial score (nSPS) is 15.8. The van der Waals surface area contributed by atoms with Gasteiger partial charge in [-0.2, -0.15) is 18.3 Å². The van der Waals surface area contributed by atoms with Gasteiger partial charge in [-0.25, -0.2) is 12.8 Å². The fourth-order valence-electron chi connectivity index (χ4n) is 3.74. The second-order valence-corrected chi connectivity index (χ2v) is 11.4. The van der Waals surface area contributed by atoms with Gasteiger partial charge in [0.2, 0.25) is 0 Å². The molecule has 0 saturated carbocycles. The Kier molecular flexibility index (Phi) is 6.99. The van der Waals surface area contributed by atoms with Crippen LogP contribution in [0.1, 0.15) is 16.7 Å². The Labute approximate surface area is 211 Å². The molecule has 2 amide bonds. The van der Waals surface area contributed by atoms with E-state index in [2.05, 4.69) is 5.10 Å². The molecule has 194 valence electrons. The van der Waals surface area contributed by atoms with Gasteiger partial charge >= 0.3 is 6.18 Å². The monoisotopic (exact) mass is 555 g/mol. The third-order valence-corrected chi connectivity index (χ3v) is 7.05. The van der Waals surface area contributed by atoms with E-state index in [0.717, 1.165) is 18.4 Å². The first-order valence-corrected chi connectivity index (χ1v) is 13.3. The van der Waals surface area contributed by atoms with E-state index >= 15 is 0 Å². The van der Waals surface area contributed by atoms with E-state index in [1.807, 2.05) is 0 Å². The number of hydrogen-bond acceptors (Lipinski definition) is 7. The standard InChI is InChI=1S/C23H17F4N3O5S2/c1-37(34,35)12-17(31)11-29-21(32)20(36-22(29)33)7-13-2-5-19-15(6-13)9-28-30(19)10-14-3-4-16(24)8-18(14)23(25,26)27/h2-9H,10-12H2,1H3/b20-7-. The molecule has 1 aliphatic rings. The first-order valence-electron chi connectivity index (χ1n) is 10.5. The highest BCUT2D eigenvalue weighted by atomic mass is 32.2. The maximum Gasteiger partial charge on any atom is 0.416 e. The summed E-state index contributed by atoms with van der Waals surface area (Å²) in [4.78, 5) is 37.4. The molecule has 0 bridgehead atoms. The highest BCUT2D eigenvalue weighted by molar-refractivity contribution is 8.18. The minimum Gasteiger partial charge on any atom is -0.297 e. The lowest BCUT2D eigenvalue weighted by atomic mass is 10.1. The molecule has 1 saturated heterocycles. The number of benzene rings is 2. The highest BCUT2D eigenvalue weighted by Gasteiger charge is 2.37. The Bertz CT molecular complexity index is 1580. The van der Waals surface area contributed by atoms with Crippen LogP contribution in [0.3, 0.4) is 0 Å². The van der Waals surface area contributed by atoms with Crippen LogP contribution in [0.15, 0.2) is 47.5 Å². The Morgan fingerprint density at radius 2 is 1.86 bits per heavy atom. The van der Waals surface area contributed by atoms with Crippen molar-refractivity contribution in [2.75, 3.05) is 18.6 Å². The minimum atomic E-state index is -4.74. The molecule has 2 aromatic carbocycles. The number of fused-ring (bicyclic) bond motifs is 1. The van der Waals surface area contributed by atoms with Gasteiger partial charge in [-0.05, 0) is 53.2 Å². The summed E-state index contributed by atoms with van der Waals surface area (Å²) >= 11 is 0.593. The lowest BCUT2D eigenvalue weighted by Gasteiger charge is -2.13. The molecule has 0 aliphatic carbocycles. The quantitative estimate of drug-likeness (QED) is 0.322. The number of amides is 2. The van der Waals surface area contributed by atoms with Crippen molar-refractivity contribution in [1.82, 2.24) is 14.7 Å². The molecule has 0 unspecified atom stereocenters. The number of carbonyl (C=O) groups excluding carboxylic acids is 3. The van der Waals surface area contributed by atoms with Crippen LogP contribution in [0.25, 0.3) is 17.0 Å². The zero-order valence-electron chi connectivity index (χ0n) is 19.0. The van der Waals surface area contributed by atoms with Crippen molar-refractivity contribution < 1.29 is 40.4 Å². The molecule has 0 atom stereocenters. The third-order valence-electron chi connectivity index (χ3n) is 5.29. The molecule has 1 aliphatic heterocycles. The summed E-state index contributed by atoms with van der Waals surface area (Å²) in [6.45, 7) is -0.928. The van der Waals surface area contributed by atoms with Crippen molar-refractivity contribution in [3.63, 3.8) is 0 Å². The predicted octanol–water partition coefficient (Wildman–Crippen LogP) is 3.89. The van der Waals surface area contributed by atoms with Gasteiger partial charge in [-0.1, -0.05) is 12.1 Å². The molecule has 3 aromatic rings. The topological polar surface area (TPSA) is 106 Å². The number of carbonyl (C=O) groups is 3. The zero-order valence-corrected chi connectivity index (χ0v) is 20.6. The molecule has 37 heavy (non-hydrogen) atoms. The molecular formula is C23H17F4N3O5S2. The average Bonchev–Trinajstić information content (AvgIpc) is 3.28. The van der Waals surface area contributed by atoms with Crippen molar-refractivity contribution in [3.05, 3.63) is 70.0 Å². The van der Waals surface area contributed by atoms with E-state index in [1.54, 1.807) is 18.2 Å². The second kappa shape index (κ2) is 9.74. The van der Waals surface area contributed by atoms with Gasteiger partial charge in [-0.15, -0.1) is 0 Å². The van der Waals surface area contributed by atoms with E-state index in [9.17, 15) is 40.4 Å². The van der Waals surface area contributed by atoms with Crippen molar-refractivity contribution in [1.29, 1.82) is 0 Å². The van der Waals surface area contributed by atoms with Crippen molar-refractivity contribution in [3.8, 4) is 0 Å². The summed E-state index contributed by atoms with van der Waals surface area (Å²) in [6, 6.07) is 7.17. The number of Topliss-reactive ketones (excluding diaryl/α,β-unsaturated/α-hetero) is 1. The Morgan fingerprint density at radius 3 is 2.54 bits per heavy atom. The summed E-state index contributed by atoms with van der Waals surface area (Å²) in [5.74, 6) is -3.34. The van der Waals surface area contributed by atoms with Crippen LogP contribution < -0.4 is 0 Å². The van der Waals surface area contributed by atoms with Gasteiger partial charge in [0, 0.05) is 11.6 Å². The van der Waals surface area contributed by atoms with E-state index in [4.69, 9.17) is 0 Å². The largest absolute Gasteiger partial charge is 0.416 e. The van der Waals surface area contributed by atoms with E-state index in [-0.39, 0.29) is 17.0 Å². The Hall–Kier alpha value is -3.52. The van der Waals surface area contributed by atoms with Crippen LogP contribution in [0.4, 0.5) is 22.4 Å². The lowest BCUT2D eigenvalue weighted by Crippen LogP contribution is -2.35. The molecular weight excluding hydrogens is 538 g/mol. The van der Waals surface area contributed by atoms with Crippen LogP contribution in [-0.4, -0.2) is 58.6 Å². The fourth-order valence-corrected chi connectivity index (χ4v) is 5.25. The fraction of sp³-hybridized carbons (Fsp3) is 0.217. The van der Waals surface area contributed by atoms with Crippen molar-refractivity contribution in [2.45, 2.75) is 12.7 Å². The number of imide groups is 1. The Balaban J connectivity index is 1.56. The number of hydrogen-bond donors (Lipinski definition) is 0. The molecule has 0 N–H and O–H groups in total.